The van der Waals surface area contributed by atoms with Crippen LogP contribution in [0.1, 0.15) is 18.9 Å². The smallest absolute Gasteiger partial charge is 0.251 e. The Hall–Kier alpha value is -2.20. The SMILES string of the molecule is CCC(OC(/C=C/c1ccccc1)=N\OC)Sc1ccccc1. The number of hydrogen-bond donors (Lipinski definition) is 0. The Kier molecular flexibility index (Phi) is 7.27. The predicted octanol–water partition coefficient (Wildman–Crippen LogP) is 5.20. The average Bonchev–Trinajstić information content (AvgIpc) is 2.61. The van der Waals surface area contributed by atoms with Gasteiger partial charge >= 0.3 is 0 Å². The highest BCUT2D eigenvalue weighted by molar-refractivity contribution is 7.99. The number of oxime groups is 1. The molecule has 0 bridgehead atoms. The minimum atomic E-state index is -0.0216. The van der Waals surface area contributed by atoms with E-state index < -0.39 is 0 Å². The van der Waals surface area contributed by atoms with Crippen LogP contribution >= 0.6 is 11.8 Å². The molecule has 0 heterocycles. The van der Waals surface area contributed by atoms with Gasteiger partial charge in [0.15, 0.2) is 5.44 Å². The van der Waals surface area contributed by atoms with Gasteiger partial charge in [-0.3, -0.25) is 0 Å². The molecule has 0 spiro atoms. The normalized spacial score (nSPS) is 13.0. The van der Waals surface area contributed by atoms with Crippen molar-refractivity contribution in [1.82, 2.24) is 0 Å². The summed E-state index contributed by atoms with van der Waals surface area (Å²) >= 11 is 1.67. The van der Waals surface area contributed by atoms with Gasteiger partial charge in [0, 0.05) is 11.0 Å². The molecule has 0 saturated carbocycles. The van der Waals surface area contributed by atoms with Gasteiger partial charge in [0.2, 0.25) is 0 Å². The van der Waals surface area contributed by atoms with Crippen LogP contribution in [0, 0.1) is 0 Å². The molecule has 0 saturated heterocycles. The van der Waals surface area contributed by atoms with Gasteiger partial charge in [-0.15, -0.1) is 0 Å². The van der Waals surface area contributed by atoms with Crippen molar-refractivity contribution in [2.75, 3.05) is 7.11 Å². The van der Waals surface area contributed by atoms with Crippen LogP contribution < -0.4 is 0 Å². The van der Waals surface area contributed by atoms with Crippen LogP contribution in [0.5, 0.6) is 0 Å². The van der Waals surface area contributed by atoms with E-state index in [2.05, 4.69) is 24.2 Å². The first kappa shape index (κ1) is 17.2. The molecule has 0 aliphatic rings. The summed E-state index contributed by atoms with van der Waals surface area (Å²) in [5.74, 6) is 0.464. The fraction of sp³-hybridized carbons (Fsp3) is 0.211. The Morgan fingerprint density at radius 1 is 1.09 bits per heavy atom. The first-order valence-corrected chi connectivity index (χ1v) is 8.42. The summed E-state index contributed by atoms with van der Waals surface area (Å²) in [5, 5.41) is 3.96. The molecule has 2 aromatic carbocycles. The summed E-state index contributed by atoms with van der Waals surface area (Å²) in [6.07, 6.45) is 4.65. The van der Waals surface area contributed by atoms with Crippen LogP contribution in [0.15, 0.2) is 76.8 Å². The Labute approximate surface area is 142 Å². The van der Waals surface area contributed by atoms with Gasteiger partial charge in [-0.1, -0.05) is 67.2 Å². The molecule has 0 fully saturated rings. The van der Waals surface area contributed by atoms with Crippen molar-refractivity contribution in [1.29, 1.82) is 0 Å². The van der Waals surface area contributed by atoms with E-state index in [0.717, 1.165) is 12.0 Å². The summed E-state index contributed by atoms with van der Waals surface area (Å²) < 4.78 is 5.97. The van der Waals surface area contributed by atoms with E-state index in [0.29, 0.717) is 5.90 Å². The molecule has 1 atom stereocenters. The van der Waals surface area contributed by atoms with E-state index in [1.165, 1.54) is 12.0 Å². The molecule has 3 nitrogen and oxygen atoms in total. The van der Waals surface area contributed by atoms with E-state index in [-0.39, 0.29) is 5.44 Å². The van der Waals surface area contributed by atoms with Gasteiger partial charge in [-0.2, -0.15) is 0 Å². The van der Waals surface area contributed by atoms with E-state index in [1.807, 2.05) is 60.7 Å². The third kappa shape index (κ3) is 6.20. The van der Waals surface area contributed by atoms with Crippen molar-refractivity contribution in [2.45, 2.75) is 23.7 Å². The minimum Gasteiger partial charge on any atom is -0.461 e. The molecule has 0 radical (unpaired) electrons. The van der Waals surface area contributed by atoms with Crippen LogP contribution in [0.2, 0.25) is 0 Å². The lowest BCUT2D eigenvalue weighted by Crippen LogP contribution is -2.12. The Balaban J connectivity index is 2.02. The molecule has 0 amide bonds. The highest BCUT2D eigenvalue weighted by Gasteiger charge is 2.11. The summed E-state index contributed by atoms with van der Waals surface area (Å²) in [6.45, 7) is 2.09. The molecule has 1 unspecified atom stereocenters. The maximum atomic E-state index is 5.97. The molecule has 0 aliphatic carbocycles. The molecule has 23 heavy (non-hydrogen) atoms. The van der Waals surface area contributed by atoms with E-state index in [1.54, 1.807) is 11.8 Å². The molecule has 2 rings (SSSR count). The first-order valence-electron chi connectivity index (χ1n) is 7.54. The van der Waals surface area contributed by atoms with Crippen molar-refractivity contribution in [3.63, 3.8) is 0 Å². The van der Waals surface area contributed by atoms with E-state index in [9.17, 15) is 0 Å². The standard InChI is InChI=1S/C19H21NO2S/c1-3-19(23-17-12-8-5-9-13-17)22-18(20-21-2)15-14-16-10-6-4-7-11-16/h4-15,19H,3H2,1-2H3/b15-14+,20-18-. The maximum absolute atomic E-state index is 5.97. The lowest BCUT2D eigenvalue weighted by molar-refractivity contribution is 0.186. The van der Waals surface area contributed by atoms with Crippen molar-refractivity contribution < 1.29 is 9.57 Å². The minimum absolute atomic E-state index is 0.0216. The maximum Gasteiger partial charge on any atom is 0.251 e. The van der Waals surface area contributed by atoms with Gasteiger partial charge in [0.05, 0.1) is 0 Å². The third-order valence-electron chi connectivity index (χ3n) is 3.00. The fourth-order valence-electron chi connectivity index (χ4n) is 1.89. The van der Waals surface area contributed by atoms with Gasteiger partial charge in [-0.25, -0.2) is 0 Å². The Bertz CT molecular complexity index is 626. The number of nitrogens with zero attached hydrogens (tertiary/aromatic N) is 1. The monoisotopic (exact) mass is 327 g/mol. The number of hydrogen-bond acceptors (Lipinski definition) is 4. The molecular formula is C19H21NO2S. The van der Waals surface area contributed by atoms with Crippen molar-refractivity contribution in [2.24, 2.45) is 5.16 Å². The Morgan fingerprint density at radius 3 is 2.35 bits per heavy atom. The van der Waals surface area contributed by atoms with Crippen LogP contribution in [-0.2, 0) is 9.57 Å². The largest absolute Gasteiger partial charge is 0.461 e. The summed E-state index contributed by atoms with van der Waals surface area (Å²) in [7, 11) is 1.52. The van der Waals surface area contributed by atoms with Crippen molar-refractivity contribution in [3.05, 3.63) is 72.3 Å². The van der Waals surface area contributed by atoms with Gasteiger partial charge in [-0.05, 0) is 35.3 Å². The number of thioether (sulfide) groups is 1. The number of benzene rings is 2. The van der Waals surface area contributed by atoms with Gasteiger partial charge in [0.25, 0.3) is 5.90 Å². The number of ether oxygens (including phenoxy) is 1. The number of rotatable bonds is 7. The highest BCUT2D eigenvalue weighted by Crippen LogP contribution is 2.26. The zero-order valence-corrected chi connectivity index (χ0v) is 14.2. The fourth-order valence-corrected chi connectivity index (χ4v) is 2.82. The molecule has 4 heteroatoms. The summed E-state index contributed by atoms with van der Waals surface area (Å²) in [5.41, 5.74) is 1.07. The lowest BCUT2D eigenvalue weighted by atomic mass is 10.2. The van der Waals surface area contributed by atoms with Crippen molar-refractivity contribution in [3.8, 4) is 0 Å². The molecule has 2 aromatic rings. The zero-order valence-electron chi connectivity index (χ0n) is 13.4. The second kappa shape index (κ2) is 9.74. The van der Waals surface area contributed by atoms with Gasteiger partial charge < -0.3 is 9.57 Å². The average molecular weight is 327 g/mol. The van der Waals surface area contributed by atoms with Crippen molar-refractivity contribution >= 4 is 23.7 Å². The topological polar surface area (TPSA) is 30.8 Å². The van der Waals surface area contributed by atoms with Crippen LogP contribution in [0.4, 0.5) is 0 Å². The molecular weight excluding hydrogens is 306 g/mol. The third-order valence-corrected chi connectivity index (χ3v) is 4.23. The molecule has 0 aliphatic heterocycles. The molecule has 0 aromatic heterocycles. The van der Waals surface area contributed by atoms with Crippen LogP contribution in [0.3, 0.4) is 0 Å². The predicted molar refractivity (Wildman–Crippen MR) is 97.4 cm³/mol. The molecule has 120 valence electrons. The highest BCUT2D eigenvalue weighted by atomic mass is 32.2. The van der Waals surface area contributed by atoms with E-state index in [4.69, 9.17) is 9.57 Å². The zero-order chi connectivity index (χ0) is 16.3. The molecule has 0 N–H and O–H groups in total. The van der Waals surface area contributed by atoms with Crippen LogP contribution in [0.25, 0.3) is 6.08 Å². The summed E-state index contributed by atoms with van der Waals surface area (Å²) in [4.78, 5) is 6.06. The lowest BCUT2D eigenvalue weighted by Gasteiger charge is -2.16. The second-order valence-electron chi connectivity index (χ2n) is 4.74. The Morgan fingerprint density at radius 2 is 1.74 bits per heavy atom. The van der Waals surface area contributed by atoms with Crippen LogP contribution in [-0.4, -0.2) is 18.4 Å². The van der Waals surface area contributed by atoms with E-state index >= 15 is 0 Å². The van der Waals surface area contributed by atoms with Gasteiger partial charge in [0.1, 0.15) is 7.11 Å². The quantitative estimate of drug-likeness (QED) is 0.230. The first-order chi connectivity index (χ1) is 11.3. The second-order valence-corrected chi connectivity index (χ2v) is 5.98. The summed E-state index contributed by atoms with van der Waals surface area (Å²) in [6, 6.07) is 20.2.